The van der Waals surface area contributed by atoms with Gasteiger partial charge in [0.25, 0.3) is 0 Å². The van der Waals surface area contributed by atoms with E-state index >= 15 is 0 Å². The van der Waals surface area contributed by atoms with Crippen LogP contribution in [0.4, 0.5) is 0 Å². The molecular weight excluding hydrogens is 204 g/mol. The van der Waals surface area contributed by atoms with Crippen molar-refractivity contribution in [1.82, 2.24) is 0 Å². The number of allylic oxidation sites excluding steroid dienone is 1. The molecule has 0 aliphatic carbocycles. The van der Waals surface area contributed by atoms with Gasteiger partial charge in [-0.1, -0.05) is 69.7 Å². The van der Waals surface area contributed by atoms with Gasteiger partial charge in [0.05, 0.1) is 0 Å². The predicted octanol–water partition coefficient (Wildman–Crippen LogP) is 5.47. The molecule has 1 aromatic carbocycles. The Balaban J connectivity index is 2.61. The summed E-state index contributed by atoms with van der Waals surface area (Å²) < 4.78 is 0. The molecule has 17 heavy (non-hydrogen) atoms. The lowest BCUT2D eigenvalue weighted by atomic mass is 9.99. The van der Waals surface area contributed by atoms with Gasteiger partial charge in [-0.25, -0.2) is 0 Å². The number of benzene rings is 1. The van der Waals surface area contributed by atoms with Crippen LogP contribution in [-0.4, -0.2) is 0 Å². The summed E-state index contributed by atoms with van der Waals surface area (Å²) in [5, 5.41) is 0. The minimum atomic E-state index is 1.08. The third-order valence-electron chi connectivity index (χ3n) is 2.99. The molecule has 0 fully saturated rings. The van der Waals surface area contributed by atoms with Gasteiger partial charge in [-0.3, -0.25) is 0 Å². The first-order valence-corrected chi connectivity index (χ1v) is 6.43. The normalized spacial score (nSPS) is 9.71. The van der Waals surface area contributed by atoms with E-state index in [-0.39, 0.29) is 0 Å². The lowest BCUT2D eigenvalue weighted by Gasteiger charge is -2.05. The molecule has 0 bridgehead atoms. The zero-order valence-electron chi connectivity index (χ0n) is 10.8. The van der Waals surface area contributed by atoms with Crippen molar-refractivity contribution in [2.24, 2.45) is 0 Å². The third-order valence-corrected chi connectivity index (χ3v) is 2.99. The molecule has 0 saturated carbocycles. The van der Waals surface area contributed by atoms with E-state index in [2.05, 4.69) is 50.1 Å². The molecule has 0 spiro atoms. The fourth-order valence-electron chi connectivity index (χ4n) is 1.88. The average molecular weight is 226 g/mol. The summed E-state index contributed by atoms with van der Waals surface area (Å²) >= 11 is 0. The molecule has 0 heterocycles. The molecule has 0 saturated heterocycles. The largest absolute Gasteiger partial charge is 0.125 e. The van der Waals surface area contributed by atoms with Crippen LogP contribution >= 0.6 is 0 Å². The maximum absolute atomic E-state index is 3.80. The van der Waals surface area contributed by atoms with Crippen molar-refractivity contribution in [2.45, 2.75) is 39.0 Å². The molecule has 0 heteroatoms. The summed E-state index contributed by atoms with van der Waals surface area (Å²) in [5.41, 5.74) is 6.70. The molecule has 0 amide bonds. The van der Waals surface area contributed by atoms with E-state index in [0.29, 0.717) is 0 Å². The van der Waals surface area contributed by atoms with Gasteiger partial charge < -0.3 is 0 Å². The summed E-state index contributed by atoms with van der Waals surface area (Å²) in [6.45, 7) is 9.79. The quantitative estimate of drug-likeness (QED) is 0.427. The van der Waals surface area contributed by atoms with Crippen molar-refractivity contribution in [3.63, 3.8) is 0 Å². The van der Waals surface area contributed by atoms with Crippen LogP contribution in [0.1, 0.15) is 50.2 Å². The molecule has 0 aliphatic rings. The molecule has 0 atom stereocenters. The minimum absolute atomic E-state index is 1.08. The summed E-state index contributed by atoms with van der Waals surface area (Å²) in [4.78, 5) is 0. The molecule has 0 unspecified atom stereocenters. The number of unbranched alkanes of at least 4 members (excludes halogenated alkanes) is 3. The Morgan fingerprint density at radius 1 is 1.18 bits per heavy atom. The van der Waals surface area contributed by atoms with Crippen molar-refractivity contribution in [3.05, 3.63) is 54.3 Å². The molecule has 0 N–H and O–H groups in total. The van der Waals surface area contributed by atoms with Gasteiger partial charge in [0.1, 0.15) is 0 Å². The molecule has 90 valence electrons. The Bertz CT molecular complexity index is 389. The first-order chi connectivity index (χ1) is 8.31. The van der Waals surface area contributed by atoms with Crippen LogP contribution in [0.2, 0.25) is 0 Å². The second kappa shape index (κ2) is 7.70. The number of hydrogen-bond donors (Lipinski definition) is 0. The van der Waals surface area contributed by atoms with Crippen LogP contribution in [0.5, 0.6) is 0 Å². The smallest absolute Gasteiger partial charge is 0.000581 e. The van der Waals surface area contributed by atoms with Crippen LogP contribution in [0, 0.1) is 0 Å². The number of rotatable bonds is 7. The Morgan fingerprint density at radius 3 is 2.41 bits per heavy atom. The highest BCUT2D eigenvalue weighted by Gasteiger charge is 2.00. The van der Waals surface area contributed by atoms with Gasteiger partial charge in [0, 0.05) is 5.57 Å². The molecule has 0 nitrogen and oxygen atoms in total. The highest BCUT2D eigenvalue weighted by atomic mass is 14.0. The number of hydrogen-bond acceptors (Lipinski definition) is 0. The van der Waals surface area contributed by atoms with Crippen LogP contribution < -0.4 is 0 Å². The van der Waals surface area contributed by atoms with Crippen molar-refractivity contribution in [1.29, 1.82) is 0 Å². The van der Waals surface area contributed by atoms with E-state index in [1.54, 1.807) is 0 Å². The predicted molar refractivity (Wildman–Crippen MR) is 77.8 cm³/mol. The Labute approximate surface area is 105 Å². The minimum Gasteiger partial charge on any atom is -0.125 e. The molecule has 1 aromatic rings. The summed E-state index contributed by atoms with van der Waals surface area (Å²) in [6, 6.07) is 8.44. The third kappa shape index (κ3) is 4.46. The monoisotopic (exact) mass is 226 g/mol. The highest BCUT2D eigenvalue weighted by molar-refractivity contribution is 5.66. The average Bonchev–Trinajstić information content (AvgIpc) is 2.39. The van der Waals surface area contributed by atoms with Gasteiger partial charge >= 0.3 is 0 Å². The second-order valence-corrected chi connectivity index (χ2v) is 4.29. The highest BCUT2D eigenvalue weighted by Crippen LogP contribution is 2.21. The zero-order valence-corrected chi connectivity index (χ0v) is 10.8. The van der Waals surface area contributed by atoms with Gasteiger partial charge in [0.15, 0.2) is 0 Å². The van der Waals surface area contributed by atoms with Crippen LogP contribution in [0.3, 0.4) is 0 Å². The van der Waals surface area contributed by atoms with E-state index in [1.807, 2.05) is 6.08 Å². The lowest BCUT2D eigenvalue weighted by molar-refractivity contribution is 0.679. The fourth-order valence-corrected chi connectivity index (χ4v) is 1.88. The molecule has 0 aliphatic heterocycles. The van der Waals surface area contributed by atoms with Crippen molar-refractivity contribution >= 4 is 11.6 Å². The zero-order chi connectivity index (χ0) is 12.5. The van der Waals surface area contributed by atoms with Crippen molar-refractivity contribution < 1.29 is 0 Å². The van der Waals surface area contributed by atoms with Crippen molar-refractivity contribution in [2.75, 3.05) is 0 Å². The maximum Gasteiger partial charge on any atom is 0.000581 e. The summed E-state index contributed by atoms with van der Waals surface area (Å²) in [7, 11) is 0. The Hall–Kier alpha value is -1.52. The van der Waals surface area contributed by atoms with E-state index in [9.17, 15) is 0 Å². The topological polar surface area (TPSA) is 0 Å². The molecule has 0 aromatic heterocycles. The van der Waals surface area contributed by atoms with Gasteiger partial charge in [-0.05, 0) is 24.0 Å². The summed E-state index contributed by atoms with van der Waals surface area (Å²) in [5.74, 6) is 0. The maximum atomic E-state index is 3.80. The lowest BCUT2D eigenvalue weighted by Crippen LogP contribution is -1.85. The van der Waals surface area contributed by atoms with E-state index in [1.165, 1.54) is 36.8 Å². The standard InChI is InChI=1S/C17H22/c1-4-7-8-9-10-16(6-3)17-13-11-15(5-2)12-14-17/h5,11-14H,2-4,7-10H2,1H3. The van der Waals surface area contributed by atoms with E-state index in [4.69, 9.17) is 0 Å². The Morgan fingerprint density at radius 2 is 1.88 bits per heavy atom. The molecular formula is C17H22. The SMILES string of the molecule is C=C=C(CCCCCC)c1ccc(C=C)cc1. The van der Waals surface area contributed by atoms with E-state index < -0.39 is 0 Å². The second-order valence-electron chi connectivity index (χ2n) is 4.29. The molecule has 1 rings (SSSR count). The first kappa shape index (κ1) is 13.5. The van der Waals surface area contributed by atoms with Crippen LogP contribution in [0.15, 0.2) is 43.2 Å². The van der Waals surface area contributed by atoms with Crippen molar-refractivity contribution in [3.8, 4) is 0 Å². The first-order valence-electron chi connectivity index (χ1n) is 6.43. The fraction of sp³-hybridized carbons (Fsp3) is 0.353. The van der Waals surface area contributed by atoms with Crippen LogP contribution in [0.25, 0.3) is 11.6 Å². The van der Waals surface area contributed by atoms with Gasteiger partial charge in [0.2, 0.25) is 0 Å². The van der Waals surface area contributed by atoms with Gasteiger partial charge in [-0.2, -0.15) is 0 Å². The van der Waals surface area contributed by atoms with Crippen LogP contribution in [-0.2, 0) is 0 Å². The van der Waals surface area contributed by atoms with E-state index in [0.717, 1.165) is 12.0 Å². The molecule has 0 radical (unpaired) electrons. The Kier molecular flexibility index (Phi) is 6.14. The van der Waals surface area contributed by atoms with Gasteiger partial charge in [-0.15, -0.1) is 5.73 Å². The summed E-state index contributed by atoms with van der Waals surface area (Å²) in [6.07, 6.45) is 8.07.